The number of hydrogen-bond donors (Lipinski definition) is 1. The smallest absolute Gasteiger partial charge is 0.309 e. The topological polar surface area (TPSA) is 45.8 Å². The molecular weight excluding hydrogens is 204 g/mol. The zero-order valence-electron chi connectivity index (χ0n) is 7.29. The highest BCUT2D eigenvalue weighted by atomic mass is 32.2. The highest BCUT2D eigenvalue weighted by molar-refractivity contribution is 7.99. The van der Waals surface area contributed by atoms with Crippen LogP contribution >= 0.6 is 23.5 Å². The molecule has 0 aliphatic carbocycles. The highest BCUT2D eigenvalue weighted by Crippen LogP contribution is 2.28. The van der Waals surface area contributed by atoms with E-state index in [4.69, 9.17) is 0 Å². The van der Waals surface area contributed by atoms with Crippen LogP contribution in [0.3, 0.4) is 0 Å². The molecule has 1 aliphatic heterocycles. The maximum Gasteiger partial charge on any atom is 0.346 e. The zero-order valence-corrected chi connectivity index (χ0v) is 8.93. The van der Waals surface area contributed by atoms with Crippen molar-refractivity contribution in [1.29, 1.82) is 0 Å². The first kappa shape index (κ1) is 9.15. The average molecular weight is 214 g/mol. The molecule has 0 bridgehead atoms. The van der Waals surface area contributed by atoms with Crippen molar-refractivity contribution in [2.45, 2.75) is 17.2 Å². The van der Waals surface area contributed by atoms with Gasteiger partial charge in [0.15, 0.2) is 0 Å². The van der Waals surface area contributed by atoms with Gasteiger partial charge in [-0.15, -0.1) is 11.8 Å². The van der Waals surface area contributed by atoms with Crippen molar-refractivity contribution in [3.8, 4) is 0 Å². The second kappa shape index (κ2) is 3.75. The number of H-pyrrole nitrogens is 1. The summed E-state index contributed by atoms with van der Waals surface area (Å²) in [6.45, 7) is 0. The molecule has 1 aromatic rings. The van der Waals surface area contributed by atoms with Crippen molar-refractivity contribution >= 4 is 23.5 Å². The predicted molar refractivity (Wildman–Crippen MR) is 56.5 cm³/mol. The summed E-state index contributed by atoms with van der Waals surface area (Å²) in [5, 5.41) is 0.894. The Labute approximate surface area is 84.7 Å². The molecule has 1 aliphatic rings. The normalized spacial score (nSPS) is 15.5. The Morgan fingerprint density at radius 3 is 3.23 bits per heavy atom. The first-order valence-electron chi connectivity index (χ1n) is 4.05. The minimum Gasteiger partial charge on any atom is -0.309 e. The largest absolute Gasteiger partial charge is 0.346 e. The van der Waals surface area contributed by atoms with E-state index in [0.717, 1.165) is 28.6 Å². The summed E-state index contributed by atoms with van der Waals surface area (Å²) in [5.74, 6) is 2.08. The van der Waals surface area contributed by atoms with Gasteiger partial charge in [-0.25, -0.2) is 4.79 Å². The second-order valence-electron chi connectivity index (χ2n) is 2.81. The van der Waals surface area contributed by atoms with Crippen LogP contribution in [0, 0.1) is 0 Å². The number of aryl methyl sites for hydroxylation is 1. The van der Waals surface area contributed by atoms with Gasteiger partial charge < -0.3 is 4.98 Å². The molecule has 3 nitrogen and oxygen atoms in total. The molecule has 5 heteroatoms. The Bertz CT molecular complexity index is 355. The van der Waals surface area contributed by atoms with E-state index >= 15 is 0 Å². The lowest BCUT2D eigenvalue weighted by Gasteiger charge is -2.16. The Morgan fingerprint density at radius 2 is 2.46 bits per heavy atom. The monoisotopic (exact) mass is 214 g/mol. The molecule has 13 heavy (non-hydrogen) atoms. The molecule has 0 saturated heterocycles. The number of aromatic amines is 1. The summed E-state index contributed by atoms with van der Waals surface area (Å²) in [7, 11) is 0. The van der Waals surface area contributed by atoms with Crippen LogP contribution in [0.1, 0.15) is 11.3 Å². The van der Waals surface area contributed by atoms with Crippen LogP contribution in [0.2, 0.25) is 0 Å². The number of aromatic nitrogens is 2. The lowest BCUT2D eigenvalue weighted by atomic mass is 10.2. The zero-order chi connectivity index (χ0) is 9.26. The molecule has 0 amide bonds. The molecule has 1 N–H and O–H groups in total. The van der Waals surface area contributed by atoms with Crippen LogP contribution < -0.4 is 5.69 Å². The fraction of sp³-hybridized carbons (Fsp3) is 0.500. The predicted octanol–water partition coefficient (Wildman–Crippen LogP) is 1.28. The Balaban J connectivity index is 2.57. The molecule has 1 aromatic heterocycles. The number of fused-ring (bicyclic) bond motifs is 1. The van der Waals surface area contributed by atoms with E-state index in [1.807, 2.05) is 18.0 Å². The first-order chi connectivity index (χ1) is 6.31. The van der Waals surface area contributed by atoms with Gasteiger partial charge in [0.05, 0.1) is 0 Å². The van der Waals surface area contributed by atoms with Crippen molar-refractivity contribution in [3.05, 3.63) is 21.7 Å². The van der Waals surface area contributed by atoms with Crippen molar-refractivity contribution in [2.75, 3.05) is 12.0 Å². The van der Waals surface area contributed by atoms with Crippen LogP contribution in [-0.2, 0) is 12.2 Å². The molecular formula is C8H10N2OS2. The number of thioether (sulfide) groups is 2. The number of nitrogens with zero attached hydrogens (tertiary/aromatic N) is 1. The van der Waals surface area contributed by atoms with Gasteiger partial charge in [-0.3, -0.25) is 0 Å². The minimum absolute atomic E-state index is 0.213. The van der Waals surface area contributed by atoms with Crippen LogP contribution in [0.15, 0.2) is 9.82 Å². The molecule has 0 saturated carbocycles. The average Bonchev–Trinajstić information content (AvgIpc) is 2.16. The molecule has 0 atom stereocenters. The van der Waals surface area contributed by atoms with Crippen molar-refractivity contribution < 1.29 is 0 Å². The summed E-state index contributed by atoms with van der Waals surface area (Å²) < 4.78 is 0. The third kappa shape index (κ3) is 1.76. The van der Waals surface area contributed by atoms with Gasteiger partial charge >= 0.3 is 5.69 Å². The van der Waals surface area contributed by atoms with Gasteiger partial charge in [0.25, 0.3) is 0 Å². The van der Waals surface area contributed by atoms with Crippen LogP contribution in [0.4, 0.5) is 0 Å². The maximum atomic E-state index is 11.1. The molecule has 0 fully saturated rings. The van der Waals surface area contributed by atoms with E-state index in [1.165, 1.54) is 5.56 Å². The van der Waals surface area contributed by atoms with Gasteiger partial charge in [-0.05, 0) is 18.4 Å². The van der Waals surface area contributed by atoms with E-state index in [9.17, 15) is 4.79 Å². The maximum absolute atomic E-state index is 11.1. The minimum atomic E-state index is -0.213. The lowest BCUT2D eigenvalue weighted by Crippen LogP contribution is -2.19. The summed E-state index contributed by atoms with van der Waals surface area (Å²) in [4.78, 5) is 17.9. The molecule has 0 unspecified atom stereocenters. The SMILES string of the molecule is CSc1nc(=O)[nH]c2c1CSCC2. The molecule has 2 heterocycles. The van der Waals surface area contributed by atoms with Crippen LogP contribution in [0.5, 0.6) is 0 Å². The van der Waals surface area contributed by atoms with Crippen molar-refractivity contribution in [1.82, 2.24) is 9.97 Å². The Hall–Kier alpha value is -0.420. The fourth-order valence-corrected chi connectivity index (χ4v) is 3.12. The van der Waals surface area contributed by atoms with Crippen molar-refractivity contribution in [3.63, 3.8) is 0 Å². The van der Waals surface area contributed by atoms with E-state index in [1.54, 1.807) is 11.8 Å². The number of hydrogen-bond acceptors (Lipinski definition) is 4. The lowest BCUT2D eigenvalue weighted by molar-refractivity contribution is 0.858. The van der Waals surface area contributed by atoms with Gasteiger partial charge in [-0.1, -0.05) is 0 Å². The molecule has 2 rings (SSSR count). The summed E-state index contributed by atoms with van der Waals surface area (Å²) >= 11 is 3.45. The van der Waals surface area contributed by atoms with Crippen LogP contribution in [0.25, 0.3) is 0 Å². The molecule has 0 spiro atoms. The van der Waals surface area contributed by atoms with E-state index < -0.39 is 0 Å². The summed E-state index contributed by atoms with van der Waals surface area (Å²) in [6, 6.07) is 0. The summed E-state index contributed by atoms with van der Waals surface area (Å²) in [6.07, 6.45) is 2.92. The third-order valence-corrected chi connectivity index (χ3v) is 3.73. The Kier molecular flexibility index (Phi) is 2.64. The Morgan fingerprint density at radius 1 is 1.62 bits per heavy atom. The van der Waals surface area contributed by atoms with Crippen LogP contribution in [-0.4, -0.2) is 22.0 Å². The van der Waals surface area contributed by atoms with E-state index in [2.05, 4.69) is 9.97 Å². The first-order valence-corrected chi connectivity index (χ1v) is 6.43. The van der Waals surface area contributed by atoms with E-state index in [-0.39, 0.29) is 5.69 Å². The third-order valence-electron chi connectivity index (χ3n) is 2.02. The van der Waals surface area contributed by atoms with Gasteiger partial charge in [-0.2, -0.15) is 16.7 Å². The van der Waals surface area contributed by atoms with Gasteiger partial charge in [0, 0.05) is 17.0 Å². The number of rotatable bonds is 1. The molecule has 0 aromatic carbocycles. The van der Waals surface area contributed by atoms with Gasteiger partial charge in [0.2, 0.25) is 0 Å². The number of nitrogens with one attached hydrogen (secondary N) is 1. The quantitative estimate of drug-likeness (QED) is 0.565. The molecule has 70 valence electrons. The fourth-order valence-electron chi connectivity index (χ4n) is 1.40. The summed E-state index contributed by atoms with van der Waals surface area (Å²) in [5.41, 5.74) is 2.10. The van der Waals surface area contributed by atoms with Crippen molar-refractivity contribution in [2.24, 2.45) is 0 Å². The van der Waals surface area contributed by atoms with Gasteiger partial charge in [0.1, 0.15) is 5.03 Å². The molecule has 0 radical (unpaired) electrons. The van der Waals surface area contributed by atoms with E-state index in [0.29, 0.717) is 0 Å². The highest BCUT2D eigenvalue weighted by Gasteiger charge is 2.15. The second-order valence-corrected chi connectivity index (χ2v) is 4.71. The standard InChI is InChI=1S/C8H10N2OS2/c1-12-7-5-4-13-3-2-6(5)9-8(11)10-7/h2-4H2,1H3,(H,9,10,11).